The highest BCUT2D eigenvalue weighted by atomic mass is 19.1. The van der Waals surface area contributed by atoms with Gasteiger partial charge in [-0.25, -0.2) is 8.78 Å². The van der Waals surface area contributed by atoms with Gasteiger partial charge in [-0.1, -0.05) is 13.8 Å². The second kappa shape index (κ2) is 5.98. The van der Waals surface area contributed by atoms with Crippen LogP contribution in [0, 0.1) is 23.0 Å². The van der Waals surface area contributed by atoms with Gasteiger partial charge in [-0.3, -0.25) is 0 Å². The molecule has 0 amide bonds. The minimum Gasteiger partial charge on any atom is -0.494 e. The van der Waals surface area contributed by atoms with Crippen molar-refractivity contribution in [1.82, 2.24) is 5.32 Å². The molecule has 104 valence electrons. The van der Waals surface area contributed by atoms with Gasteiger partial charge in [0.1, 0.15) is 5.82 Å². The summed E-state index contributed by atoms with van der Waals surface area (Å²) in [6.45, 7) is 5.65. The van der Waals surface area contributed by atoms with Gasteiger partial charge in [0.2, 0.25) is 0 Å². The summed E-state index contributed by atoms with van der Waals surface area (Å²) in [5, 5.41) is 11.7. The van der Waals surface area contributed by atoms with Crippen molar-refractivity contribution >= 4 is 0 Å². The van der Waals surface area contributed by atoms with Crippen molar-refractivity contribution in [2.45, 2.75) is 32.2 Å². The number of methoxy groups -OCH3 is 1. The van der Waals surface area contributed by atoms with Crippen LogP contribution in [0.25, 0.3) is 0 Å². The van der Waals surface area contributed by atoms with Gasteiger partial charge in [0.15, 0.2) is 11.6 Å². The van der Waals surface area contributed by atoms with Gasteiger partial charge in [-0.05, 0) is 18.6 Å². The van der Waals surface area contributed by atoms with Crippen LogP contribution in [0.3, 0.4) is 0 Å². The first-order chi connectivity index (χ1) is 8.81. The number of hydrogen-bond donors (Lipinski definition) is 1. The molecule has 5 heteroatoms. The van der Waals surface area contributed by atoms with E-state index < -0.39 is 17.0 Å². The molecule has 1 N–H and O–H groups in total. The van der Waals surface area contributed by atoms with Gasteiger partial charge in [0, 0.05) is 18.0 Å². The molecule has 1 atom stereocenters. The Hall–Kier alpha value is -1.67. The molecule has 1 aromatic carbocycles. The predicted octanol–water partition coefficient (Wildman–Crippen LogP) is 2.75. The van der Waals surface area contributed by atoms with E-state index in [9.17, 15) is 8.78 Å². The van der Waals surface area contributed by atoms with Crippen molar-refractivity contribution < 1.29 is 13.5 Å². The fourth-order valence-electron chi connectivity index (χ4n) is 1.75. The molecule has 1 unspecified atom stereocenters. The molecule has 0 saturated carbocycles. The third-order valence-electron chi connectivity index (χ3n) is 3.01. The van der Waals surface area contributed by atoms with E-state index in [0.717, 1.165) is 12.1 Å². The smallest absolute Gasteiger partial charge is 0.165 e. The Morgan fingerprint density at radius 1 is 1.37 bits per heavy atom. The van der Waals surface area contributed by atoms with E-state index in [1.165, 1.54) is 7.11 Å². The second-order valence-electron chi connectivity index (χ2n) is 5.08. The number of hydrogen-bond acceptors (Lipinski definition) is 3. The van der Waals surface area contributed by atoms with Crippen LogP contribution in [0.15, 0.2) is 12.1 Å². The van der Waals surface area contributed by atoms with Crippen LogP contribution in [0.2, 0.25) is 0 Å². The van der Waals surface area contributed by atoms with E-state index in [4.69, 9.17) is 10.00 Å². The highest BCUT2D eigenvalue weighted by molar-refractivity contribution is 5.35. The molecule has 0 aliphatic heterocycles. The highest BCUT2D eigenvalue weighted by Gasteiger charge is 2.26. The average Bonchev–Trinajstić information content (AvgIpc) is 2.38. The Balaban J connectivity index is 3.01. The summed E-state index contributed by atoms with van der Waals surface area (Å²) in [6.07, 6.45) is 0. The van der Waals surface area contributed by atoms with Crippen molar-refractivity contribution in [3.05, 3.63) is 29.3 Å². The monoisotopic (exact) mass is 268 g/mol. The molecular formula is C14H18F2N2O. The quantitative estimate of drug-likeness (QED) is 0.893. The molecule has 0 aromatic heterocycles. The molecule has 0 radical (unpaired) electrons. The number of halogens is 2. The van der Waals surface area contributed by atoms with Crippen molar-refractivity contribution in [2.24, 2.45) is 0 Å². The van der Waals surface area contributed by atoms with Gasteiger partial charge < -0.3 is 10.1 Å². The van der Waals surface area contributed by atoms with Crippen molar-refractivity contribution in [1.29, 1.82) is 5.26 Å². The summed E-state index contributed by atoms with van der Waals surface area (Å²) in [5.74, 6) is -1.23. The van der Waals surface area contributed by atoms with Gasteiger partial charge in [-0.2, -0.15) is 5.26 Å². The molecule has 3 nitrogen and oxygen atoms in total. The van der Waals surface area contributed by atoms with E-state index in [-0.39, 0.29) is 17.4 Å². The van der Waals surface area contributed by atoms with E-state index in [1.807, 2.05) is 6.07 Å². The van der Waals surface area contributed by atoms with Crippen molar-refractivity contribution in [3.8, 4) is 11.8 Å². The van der Waals surface area contributed by atoms with Gasteiger partial charge in [-0.15, -0.1) is 0 Å². The maximum Gasteiger partial charge on any atom is 0.165 e. The molecule has 0 bridgehead atoms. The first-order valence-electron chi connectivity index (χ1n) is 5.98. The molecule has 0 aliphatic carbocycles. The fourth-order valence-corrected chi connectivity index (χ4v) is 1.75. The Morgan fingerprint density at radius 2 is 2.00 bits per heavy atom. The molecule has 0 aliphatic rings. The normalized spacial score (nSPS) is 12.9. The molecule has 0 spiro atoms. The molecule has 0 heterocycles. The lowest BCUT2D eigenvalue weighted by Gasteiger charge is -2.27. The highest BCUT2D eigenvalue weighted by Crippen LogP contribution is 2.30. The Labute approximate surface area is 112 Å². The predicted molar refractivity (Wildman–Crippen MR) is 69.0 cm³/mol. The largest absolute Gasteiger partial charge is 0.494 e. The third kappa shape index (κ3) is 3.65. The van der Waals surface area contributed by atoms with Crippen LogP contribution >= 0.6 is 0 Å². The molecule has 1 aromatic rings. The first-order valence-corrected chi connectivity index (χ1v) is 5.98. The van der Waals surface area contributed by atoms with Crippen LogP contribution in [0.4, 0.5) is 8.78 Å². The summed E-state index contributed by atoms with van der Waals surface area (Å²) < 4.78 is 32.4. The van der Waals surface area contributed by atoms with Crippen LogP contribution in [0.1, 0.15) is 26.3 Å². The van der Waals surface area contributed by atoms with Crippen LogP contribution in [-0.2, 0) is 5.41 Å². The number of ether oxygens (including phenoxy) is 1. The fraction of sp³-hybridized carbons (Fsp3) is 0.500. The third-order valence-corrected chi connectivity index (χ3v) is 3.01. The molecule has 19 heavy (non-hydrogen) atoms. The Bertz CT molecular complexity index is 495. The summed E-state index contributed by atoms with van der Waals surface area (Å²) >= 11 is 0. The second-order valence-corrected chi connectivity index (χ2v) is 5.08. The van der Waals surface area contributed by atoms with E-state index in [2.05, 4.69) is 5.32 Å². The topological polar surface area (TPSA) is 45.0 Å². The van der Waals surface area contributed by atoms with E-state index in [1.54, 1.807) is 20.8 Å². The number of rotatable bonds is 5. The SMILES string of the molecule is COc1cc(F)c(C(C)(C)CNC(C)C#N)cc1F. The lowest BCUT2D eigenvalue weighted by molar-refractivity contribution is 0.375. The van der Waals surface area contributed by atoms with Crippen LogP contribution < -0.4 is 10.1 Å². The standard InChI is InChI=1S/C14H18F2N2O/c1-9(7-17)18-8-14(2,3)10-5-12(16)13(19-4)6-11(10)15/h5-6,9,18H,8H2,1-4H3. The van der Waals surface area contributed by atoms with Gasteiger partial charge in [0.25, 0.3) is 0 Å². The van der Waals surface area contributed by atoms with E-state index >= 15 is 0 Å². The number of nitriles is 1. The lowest BCUT2D eigenvalue weighted by atomic mass is 9.84. The van der Waals surface area contributed by atoms with Crippen LogP contribution in [-0.4, -0.2) is 19.7 Å². The molecule has 0 saturated heterocycles. The van der Waals surface area contributed by atoms with Crippen LogP contribution in [0.5, 0.6) is 5.75 Å². The number of nitrogens with one attached hydrogen (secondary N) is 1. The zero-order chi connectivity index (χ0) is 14.6. The lowest BCUT2D eigenvalue weighted by Crippen LogP contribution is -2.37. The summed E-state index contributed by atoms with van der Waals surface area (Å²) in [5.41, 5.74) is -0.383. The minimum absolute atomic E-state index is 0.115. The van der Waals surface area contributed by atoms with Gasteiger partial charge in [0.05, 0.1) is 19.2 Å². The zero-order valence-corrected chi connectivity index (χ0v) is 11.6. The molecule has 1 rings (SSSR count). The Kier molecular flexibility index (Phi) is 4.84. The summed E-state index contributed by atoms with van der Waals surface area (Å²) in [7, 11) is 1.29. The summed E-state index contributed by atoms with van der Waals surface area (Å²) in [6, 6.07) is 3.88. The van der Waals surface area contributed by atoms with E-state index in [0.29, 0.717) is 6.54 Å². The maximum atomic E-state index is 14.0. The maximum absolute atomic E-state index is 14.0. The van der Waals surface area contributed by atoms with Gasteiger partial charge >= 0.3 is 0 Å². The molecular weight excluding hydrogens is 250 g/mol. The molecule has 0 fully saturated rings. The summed E-state index contributed by atoms with van der Waals surface area (Å²) in [4.78, 5) is 0. The number of nitrogens with zero attached hydrogens (tertiary/aromatic N) is 1. The minimum atomic E-state index is -0.637. The average molecular weight is 268 g/mol. The zero-order valence-electron chi connectivity index (χ0n) is 11.6. The van der Waals surface area contributed by atoms with Crippen molar-refractivity contribution in [2.75, 3.05) is 13.7 Å². The Morgan fingerprint density at radius 3 is 2.53 bits per heavy atom. The number of benzene rings is 1. The first kappa shape index (κ1) is 15.4. The van der Waals surface area contributed by atoms with Crippen molar-refractivity contribution in [3.63, 3.8) is 0 Å².